The minimum Gasteiger partial charge on any atom is -0.494 e. The predicted molar refractivity (Wildman–Crippen MR) is 122 cm³/mol. The fraction of sp³-hybridized carbons (Fsp3) is 0.240. The number of nitrogens with one attached hydrogen (secondary N) is 1. The van der Waals surface area contributed by atoms with Crippen molar-refractivity contribution in [2.45, 2.75) is 30.2 Å². The van der Waals surface area contributed by atoms with Gasteiger partial charge in [-0.15, -0.1) is 0 Å². The van der Waals surface area contributed by atoms with Crippen LogP contribution in [0, 0.1) is 0 Å². The lowest BCUT2D eigenvalue weighted by atomic mass is 9.84. The highest BCUT2D eigenvalue weighted by Gasteiger charge is 2.30. The molecule has 3 aromatic carbocycles. The Kier molecular flexibility index (Phi) is 7.13. The molecule has 1 N–H and O–H groups in total. The van der Waals surface area contributed by atoms with Crippen LogP contribution in [-0.4, -0.2) is 27.2 Å². The van der Waals surface area contributed by atoms with E-state index in [-0.39, 0.29) is 10.8 Å². The van der Waals surface area contributed by atoms with Crippen molar-refractivity contribution in [3.63, 3.8) is 0 Å². The molecule has 0 heterocycles. The fourth-order valence-corrected chi connectivity index (χ4v) is 4.03. The van der Waals surface area contributed by atoms with Crippen LogP contribution in [0.1, 0.15) is 30.9 Å². The summed E-state index contributed by atoms with van der Waals surface area (Å²) in [4.78, 5) is 13.0. The van der Waals surface area contributed by atoms with E-state index in [0.717, 1.165) is 11.1 Å². The van der Waals surface area contributed by atoms with Crippen LogP contribution in [0.25, 0.3) is 0 Å². The van der Waals surface area contributed by atoms with Crippen LogP contribution in [0.2, 0.25) is 0 Å². The largest absolute Gasteiger partial charge is 0.494 e. The highest BCUT2D eigenvalue weighted by atomic mass is 32.2. The number of rotatable bonds is 9. The normalized spacial score (nSPS) is 11.7. The summed E-state index contributed by atoms with van der Waals surface area (Å²) in [7, 11) is -3.23. The zero-order valence-electron chi connectivity index (χ0n) is 17.7. The molecule has 0 aromatic heterocycles. The standard InChI is InChI=1S/C25H27NO4S/c1-25(20-10-5-3-6-11-20,21-12-7-4-8-13-21)26-24(27)14-9-19-30-22-15-17-23(18-16-22)31(2,28)29/h3-8,10-13,15-18H,9,14,19H2,1-2H3,(H,26,27). The molecule has 0 aliphatic rings. The second kappa shape index (κ2) is 9.79. The highest BCUT2D eigenvalue weighted by molar-refractivity contribution is 7.90. The minimum absolute atomic E-state index is 0.0637. The average Bonchev–Trinajstić information content (AvgIpc) is 2.77. The van der Waals surface area contributed by atoms with Gasteiger partial charge in [-0.3, -0.25) is 4.79 Å². The number of benzene rings is 3. The topological polar surface area (TPSA) is 72.5 Å². The SMILES string of the molecule is CC(NC(=O)CCCOc1ccc(S(C)(=O)=O)cc1)(c1ccccc1)c1ccccc1. The number of carbonyl (C=O) groups is 1. The first-order valence-electron chi connectivity index (χ1n) is 10.1. The summed E-state index contributed by atoms with van der Waals surface area (Å²) in [5.41, 5.74) is 1.38. The molecule has 0 atom stereocenters. The van der Waals surface area contributed by atoms with Crippen LogP contribution in [0.15, 0.2) is 89.8 Å². The molecule has 162 valence electrons. The number of hydrogen-bond acceptors (Lipinski definition) is 4. The van der Waals surface area contributed by atoms with E-state index < -0.39 is 15.4 Å². The molecule has 0 aliphatic carbocycles. The van der Waals surface area contributed by atoms with Gasteiger partial charge in [-0.05, 0) is 48.7 Å². The van der Waals surface area contributed by atoms with E-state index in [1.165, 1.54) is 18.4 Å². The van der Waals surface area contributed by atoms with Crippen molar-refractivity contribution < 1.29 is 17.9 Å². The summed E-state index contributed by atoms with van der Waals surface area (Å²) in [5, 5.41) is 3.19. The molecule has 0 spiro atoms. The Labute approximate surface area is 184 Å². The van der Waals surface area contributed by atoms with Gasteiger partial charge in [0.15, 0.2) is 9.84 Å². The molecule has 5 nitrogen and oxygen atoms in total. The molecule has 1 amide bonds. The number of hydrogen-bond donors (Lipinski definition) is 1. The summed E-state index contributed by atoms with van der Waals surface area (Å²) in [6.45, 7) is 2.37. The second-order valence-corrected chi connectivity index (χ2v) is 9.62. The Morgan fingerprint density at radius 2 is 1.39 bits per heavy atom. The minimum atomic E-state index is -3.23. The van der Waals surface area contributed by atoms with Crippen LogP contribution in [0.5, 0.6) is 5.75 Å². The van der Waals surface area contributed by atoms with Gasteiger partial charge in [-0.1, -0.05) is 60.7 Å². The van der Waals surface area contributed by atoms with Crippen LogP contribution in [0.4, 0.5) is 0 Å². The van der Waals surface area contributed by atoms with Crippen molar-refractivity contribution >= 4 is 15.7 Å². The van der Waals surface area contributed by atoms with Crippen LogP contribution in [0.3, 0.4) is 0 Å². The molecule has 3 rings (SSSR count). The lowest BCUT2D eigenvalue weighted by Crippen LogP contribution is -2.44. The second-order valence-electron chi connectivity index (χ2n) is 7.60. The van der Waals surface area contributed by atoms with E-state index in [4.69, 9.17) is 4.74 Å². The first kappa shape index (κ1) is 22.6. The van der Waals surface area contributed by atoms with Gasteiger partial charge >= 0.3 is 0 Å². The van der Waals surface area contributed by atoms with Crippen LogP contribution >= 0.6 is 0 Å². The van der Waals surface area contributed by atoms with Crippen molar-refractivity contribution in [1.82, 2.24) is 5.32 Å². The Morgan fingerprint density at radius 3 is 1.87 bits per heavy atom. The fourth-order valence-electron chi connectivity index (χ4n) is 3.40. The Balaban J connectivity index is 1.58. The average molecular weight is 438 g/mol. The first-order chi connectivity index (χ1) is 14.8. The van der Waals surface area contributed by atoms with Crippen molar-refractivity contribution in [2.75, 3.05) is 12.9 Å². The zero-order valence-corrected chi connectivity index (χ0v) is 18.6. The Bertz CT molecular complexity index is 1060. The maximum absolute atomic E-state index is 12.7. The van der Waals surface area contributed by atoms with Crippen molar-refractivity contribution in [3.8, 4) is 5.75 Å². The van der Waals surface area contributed by atoms with E-state index in [1.807, 2.05) is 67.6 Å². The van der Waals surface area contributed by atoms with Gasteiger partial charge in [0.05, 0.1) is 17.0 Å². The molecular formula is C25H27NO4S. The predicted octanol–water partition coefficient (Wildman–Crippen LogP) is 4.33. The van der Waals surface area contributed by atoms with Gasteiger partial charge in [0.25, 0.3) is 0 Å². The van der Waals surface area contributed by atoms with Crippen molar-refractivity contribution in [2.24, 2.45) is 0 Å². The molecule has 0 aliphatic heterocycles. The maximum Gasteiger partial charge on any atom is 0.221 e. The van der Waals surface area contributed by atoms with E-state index in [2.05, 4.69) is 5.32 Å². The molecule has 6 heteroatoms. The molecule has 3 aromatic rings. The van der Waals surface area contributed by atoms with Gasteiger partial charge in [0, 0.05) is 12.7 Å². The number of carbonyl (C=O) groups excluding carboxylic acids is 1. The zero-order chi connectivity index (χ0) is 22.3. The monoisotopic (exact) mass is 437 g/mol. The summed E-state index contributed by atoms with van der Waals surface area (Å²) in [6, 6.07) is 26.1. The third-order valence-electron chi connectivity index (χ3n) is 5.16. The molecule has 0 unspecified atom stereocenters. The molecule has 0 bridgehead atoms. The van der Waals surface area contributed by atoms with E-state index in [0.29, 0.717) is 25.2 Å². The molecule has 0 saturated carbocycles. The van der Waals surface area contributed by atoms with Gasteiger partial charge in [0.1, 0.15) is 5.75 Å². The molecule has 0 radical (unpaired) electrons. The quantitative estimate of drug-likeness (QED) is 0.506. The Morgan fingerprint density at radius 1 is 0.871 bits per heavy atom. The Hall–Kier alpha value is -3.12. The summed E-state index contributed by atoms with van der Waals surface area (Å²) < 4.78 is 28.7. The van der Waals surface area contributed by atoms with Gasteiger partial charge < -0.3 is 10.1 Å². The molecular weight excluding hydrogens is 410 g/mol. The van der Waals surface area contributed by atoms with Crippen LogP contribution < -0.4 is 10.1 Å². The number of amides is 1. The van der Waals surface area contributed by atoms with Crippen molar-refractivity contribution in [1.29, 1.82) is 0 Å². The van der Waals surface area contributed by atoms with Gasteiger partial charge in [-0.2, -0.15) is 0 Å². The van der Waals surface area contributed by atoms with E-state index in [9.17, 15) is 13.2 Å². The van der Waals surface area contributed by atoms with E-state index >= 15 is 0 Å². The third kappa shape index (κ3) is 5.95. The number of ether oxygens (including phenoxy) is 1. The lowest BCUT2D eigenvalue weighted by Gasteiger charge is -2.32. The molecule has 0 saturated heterocycles. The van der Waals surface area contributed by atoms with Gasteiger partial charge in [0.2, 0.25) is 5.91 Å². The summed E-state index contributed by atoms with van der Waals surface area (Å²) >= 11 is 0. The van der Waals surface area contributed by atoms with Crippen molar-refractivity contribution in [3.05, 3.63) is 96.1 Å². The molecule has 31 heavy (non-hydrogen) atoms. The lowest BCUT2D eigenvalue weighted by molar-refractivity contribution is -0.122. The number of sulfone groups is 1. The smallest absolute Gasteiger partial charge is 0.221 e. The summed E-state index contributed by atoms with van der Waals surface area (Å²) in [5.74, 6) is 0.512. The van der Waals surface area contributed by atoms with Crippen LogP contribution in [-0.2, 0) is 20.2 Å². The van der Waals surface area contributed by atoms with E-state index in [1.54, 1.807) is 12.1 Å². The summed E-state index contributed by atoms with van der Waals surface area (Å²) in [6.07, 6.45) is 2.02. The first-order valence-corrected chi connectivity index (χ1v) is 12.0. The highest BCUT2D eigenvalue weighted by Crippen LogP contribution is 2.29. The maximum atomic E-state index is 12.7. The van der Waals surface area contributed by atoms with Gasteiger partial charge in [-0.25, -0.2) is 8.42 Å². The third-order valence-corrected chi connectivity index (χ3v) is 6.29. The molecule has 0 fully saturated rings.